The van der Waals surface area contributed by atoms with Crippen molar-refractivity contribution in [1.29, 1.82) is 0 Å². The Hall–Kier alpha value is -3.05. The molecule has 5 nitrogen and oxygen atoms in total. The molecule has 0 atom stereocenters. The lowest BCUT2D eigenvalue weighted by Gasteiger charge is -2.53. The van der Waals surface area contributed by atoms with E-state index < -0.39 is 0 Å². The van der Waals surface area contributed by atoms with Gasteiger partial charge in [-0.3, -0.25) is 4.90 Å². The van der Waals surface area contributed by atoms with Gasteiger partial charge in [-0.1, -0.05) is 30.3 Å². The second-order valence-corrected chi connectivity index (χ2v) is 12.4. The molecule has 38 heavy (non-hydrogen) atoms. The fourth-order valence-corrected chi connectivity index (χ4v) is 6.62. The third kappa shape index (κ3) is 5.68. The Labute approximate surface area is 228 Å². The van der Waals surface area contributed by atoms with Crippen molar-refractivity contribution < 1.29 is 9.53 Å². The Balaban J connectivity index is 1.20. The highest BCUT2D eigenvalue weighted by Crippen LogP contribution is 2.39. The van der Waals surface area contributed by atoms with Crippen LogP contribution in [0.4, 0.5) is 10.5 Å². The van der Waals surface area contributed by atoms with Gasteiger partial charge in [0, 0.05) is 36.4 Å². The summed E-state index contributed by atoms with van der Waals surface area (Å²) in [5, 5.41) is 5.51. The number of carbonyl (C=O) groups excluding carboxylic acids is 1. The second-order valence-electron chi connectivity index (χ2n) is 12.4. The zero-order chi connectivity index (χ0) is 26.9. The van der Waals surface area contributed by atoms with Gasteiger partial charge < -0.3 is 15.0 Å². The molecule has 2 amide bonds. The van der Waals surface area contributed by atoms with Crippen molar-refractivity contribution in [3.63, 3.8) is 0 Å². The van der Waals surface area contributed by atoms with E-state index in [9.17, 15) is 4.79 Å². The fraction of sp³-hybridized carbons (Fsp3) is 0.485. The molecule has 2 heterocycles. The van der Waals surface area contributed by atoms with E-state index in [0.29, 0.717) is 5.92 Å². The number of rotatable bonds is 5. The summed E-state index contributed by atoms with van der Waals surface area (Å²) in [7, 11) is 1.69. The number of fused-ring (bicyclic) bond motifs is 1. The van der Waals surface area contributed by atoms with Gasteiger partial charge in [-0.25, -0.2) is 4.79 Å². The lowest BCUT2D eigenvalue weighted by Crippen LogP contribution is -2.57. The number of nitrogens with one attached hydrogen (secondary N) is 1. The van der Waals surface area contributed by atoms with Crippen LogP contribution >= 0.6 is 0 Å². The maximum absolute atomic E-state index is 13.0. The van der Waals surface area contributed by atoms with Crippen molar-refractivity contribution in [3.05, 3.63) is 71.8 Å². The highest BCUT2D eigenvalue weighted by atomic mass is 16.5. The Morgan fingerprint density at radius 1 is 0.895 bits per heavy atom. The largest absolute Gasteiger partial charge is 0.497 e. The molecule has 5 rings (SSSR count). The van der Waals surface area contributed by atoms with E-state index in [0.717, 1.165) is 49.3 Å². The van der Waals surface area contributed by atoms with Gasteiger partial charge in [0.2, 0.25) is 0 Å². The average Bonchev–Trinajstić information content (AvgIpc) is 2.90. The van der Waals surface area contributed by atoms with E-state index in [1.54, 1.807) is 7.11 Å². The molecule has 0 aliphatic carbocycles. The molecule has 1 N–H and O–H groups in total. The van der Waals surface area contributed by atoms with Crippen LogP contribution in [-0.2, 0) is 6.54 Å². The standard InChI is InChI=1S/C33H43N3O2/c1-32(2)17-6-18-33(3,4)36(32)23-24-7-8-28-22-29(12-9-27(28)21-24)34-31(37)35-19-15-26(16-20-35)25-10-13-30(38-5)14-11-25/h7-14,21-22,26H,6,15-20,23H2,1-5H3,(H,34,37). The highest BCUT2D eigenvalue weighted by molar-refractivity contribution is 5.93. The first-order valence-corrected chi connectivity index (χ1v) is 14.1. The number of urea groups is 1. The first kappa shape index (κ1) is 26.6. The normalized spacial score (nSPS) is 19.9. The number of hydrogen-bond donors (Lipinski definition) is 1. The number of hydrogen-bond acceptors (Lipinski definition) is 3. The monoisotopic (exact) mass is 513 g/mol. The minimum Gasteiger partial charge on any atom is -0.497 e. The van der Waals surface area contributed by atoms with Gasteiger partial charge in [-0.15, -0.1) is 0 Å². The number of ether oxygens (including phenoxy) is 1. The quantitative estimate of drug-likeness (QED) is 0.378. The molecule has 2 aliphatic rings. The molecule has 202 valence electrons. The van der Waals surface area contributed by atoms with E-state index in [4.69, 9.17) is 4.74 Å². The van der Waals surface area contributed by atoms with Crippen LogP contribution in [0.25, 0.3) is 10.8 Å². The van der Waals surface area contributed by atoms with E-state index in [1.807, 2.05) is 23.1 Å². The summed E-state index contributed by atoms with van der Waals surface area (Å²) in [6.07, 6.45) is 5.73. The third-order valence-electron chi connectivity index (χ3n) is 8.90. The second kappa shape index (κ2) is 10.6. The van der Waals surface area contributed by atoms with Crippen LogP contribution in [0.15, 0.2) is 60.7 Å². The van der Waals surface area contributed by atoms with Crippen molar-refractivity contribution in [2.45, 2.75) is 83.3 Å². The molecule has 2 fully saturated rings. The van der Waals surface area contributed by atoms with Crippen LogP contribution < -0.4 is 10.1 Å². The van der Waals surface area contributed by atoms with Crippen LogP contribution in [0, 0.1) is 0 Å². The maximum Gasteiger partial charge on any atom is 0.321 e. The van der Waals surface area contributed by atoms with Crippen LogP contribution in [-0.4, -0.2) is 47.1 Å². The van der Waals surface area contributed by atoms with Crippen molar-refractivity contribution in [2.24, 2.45) is 0 Å². The number of methoxy groups -OCH3 is 1. The maximum atomic E-state index is 13.0. The molecule has 2 saturated heterocycles. The van der Waals surface area contributed by atoms with Crippen molar-refractivity contribution >= 4 is 22.5 Å². The van der Waals surface area contributed by atoms with Gasteiger partial charge in [-0.05, 0) is 118 Å². The molecular formula is C33H43N3O2. The summed E-state index contributed by atoms with van der Waals surface area (Å²) in [5.74, 6) is 1.37. The SMILES string of the molecule is COc1ccc(C2CCN(C(=O)Nc3ccc4cc(CN5C(C)(C)CCCC5(C)C)ccc4c3)CC2)cc1. The zero-order valence-electron chi connectivity index (χ0n) is 23.7. The molecule has 0 aromatic heterocycles. The van der Waals surface area contributed by atoms with E-state index in [1.165, 1.54) is 35.8 Å². The number of carbonyl (C=O) groups is 1. The smallest absolute Gasteiger partial charge is 0.321 e. The molecule has 5 heteroatoms. The predicted octanol–water partition coefficient (Wildman–Crippen LogP) is 7.80. The highest BCUT2D eigenvalue weighted by Gasteiger charge is 2.40. The molecule has 0 bridgehead atoms. The number of piperidine rings is 2. The van der Waals surface area contributed by atoms with Gasteiger partial charge >= 0.3 is 6.03 Å². The summed E-state index contributed by atoms with van der Waals surface area (Å²) >= 11 is 0. The number of benzene rings is 3. The predicted molar refractivity (Wildman–Crippen MR) is 157 cm³/mol. The number of likely N-dealkylation sites (tertiary alicyclic amines) is 2. The van der Waals surface area contributed by atoms with Crippen molar-refractivity contribution in [2.75, 3.05) is 25.5 Å². The zero-order valence-corrected chi connectivity index (χ0v) is 23.7. The summed E-state index contributed by atoms with van der Waals surface area (Å²) in [6, 6.07) is 21.3. The molecule has 0 unspecified atom stereocenters. The Bertz CT molecular complexity index is 1260. The minimum atomic E-state index is -0.0105. The van der Waals surface area contributed by atoms with Crippen molar-refractivity contribution in [1.82, 2.24) is 9.80 Å². The van der Waals surface area contributed by atoms with Gasteiger partial charge in [0.15, 0.2) is 0 Å². The number of anilines is 1. The third-order valence-corrected chi connectivity index (χ3v) is 8.90. The Morgan fingerprint density at radius 2 is 1.53 bits per heavy atom. The molecule has 0 radical (unpaired) electrons. The fourth-order valence-electron chi connectivity index (χ4n) is 6.62. The Kier molecular flexibility index (Phi) is 7.41. The van der Waals surface area contributed by atoms with Gasteiger partial charge in [-0.2, -0.15) is 0 Å². The first-order valence-electron chi connectivity index (χ1n) is 14.1. The lowest BCUT2D eigenvalue weighted by molar-refractivity contribution is -0.0340. The van der Waals surface area contributed by atoms with Crippen LogP contribution in [0.1, 0.15) is 76.8 Å². The Morgan fingerprint density at radius 3 is 2.18 bits per heavy atom. The number of amides is 2. The first-order chi connectivity index (χ1) is 18.1. The molecule has 2 aliphatic heterocycles. The minimum absolute atomic E-state index is 0.0105. The average molecular weight is 514 g/mol. The molecule has 0 spiro atoms. The topological polar surface area (TPSA) is 44.8 Å². The van der Waals surface area contributed by atoms with Gasteiger partial charge in [0.05, 0.1) is 7.11 Å². The van der Waals surface area contributed by atoms with Gasteiger partial charge in [0.25, 0.3) is 0 Å². The molecule has 0 saturated carbocycles. The van der Waals surface area contributed by atoms with Crippen LogP contribution in [0.2, 0.25) is 0 Å². The summed E-state index contributed by atoms with van der Waals surface area (Å²) in [6.45, 7) is 12.0. The molecular weight excluding hydrogens is 470 g/mol. The van der Waals surface area contributed by atoms with Crippen molar-refractivity contribution in [3.8, 4) is 5.75 Å². The summed E-state index contributed by atoms with van der Waals surface area (Å²) in [4.78, 5) is 17.6. The van der Waals surface area contributed by atoms with Crippen LogP contribution in [0.5, 0.6) is 5.75 Å². The van der Waals surface area contributed by atoms with E-state index in [-0.39, 0.29) is 17.1 Å². The lowest BCUT2D eigenvalue weighted by atomic mass is 9.79. The van der Waals surface area contributed by atoms with E-state index in [2.05, 4.69) is 80.4 Å². The van der Waals surface area contributed by atoms with Crippen LogP contribution in [0.3, 0.4) is 0 Å². The molecule has 3 aromatic carbocycles. The summed E-state index contributed by atoms with van der Waals surface area (Å²) in [5.41, 5.74) is 3.93. The van der Waals surface area contributed by atoms with Gasteiger partial charge in [0.1, 0.15) is 5.75 Å². The summed E-state index contributed by atoms with van der Waals surface area (Å²) < 4.78 is 5.28. The number of nitrogens with zero attached hydrogens (tertiary/aromatic N) is 2. The molecule has 3 aromatic rings. The van der Waals surface area contributed by atoms with E-state index >= 15 is 0 Å².